The number of nitrogens with one attached hydrogen (secondary N) is 1. The maximum absolute atomic E-state index is 9.69. The topological polar surface area (TPSA) is 32.3 Å². The molecule has 0 bridgehead atoms. The van der Waals surface area contributed by atoms with E-state index in [1.54, 1.807) is 0 Å². The Morgan fingerprint density at radius 3 is 0.960 bits per heavy atom. The summed E-state index contributed by atoms with van der Waals surface area (Å²) in [6.45, 7) is 21.1. The normalized spacial score (nSPS) is 10.4. The molecule has 0 unspecified atom stereocenters. The lowest BCUT2D eigenvalue weighted by molar-refractivity contribution is 0.465. The minimum Gasteiger partial charge on any atom is -0.507 e. The Labute approximate surface area is 154 Å². The van der Waals surface area contributed by atoms with Gasteiger partial charge in [-0.2, -0.15) is 0 Å². The van der Waals surface area contributed by atoms with E-state index in [-0.39, 0.29) is 0 Å². The van der Waals surface area contributed by atoms with Crippen LogP contribution in [0.3, 0.4) is 0 Å². The minimum absolute atomic E-state index is 0.454. The zero-order valence-corrected chi connectivity index (χ0v) is 17.9. The summed E-state index contributed by atoms with van der Waals surface area (Å²) < 4.78 is 0. The van der Waals surface area contributed by atoms with Gasteiger partial charge in [0, 0.05) is 12.7 Å². The van der Waals surface area contributed by atoms with Gasteiger partial charge in [0.2, 0.25) is 0 Å². The predicted molar refractivity (Wildman–Crippen MR) is 111 cm³/mol. The van der Waals surface area contributed by atoms with Crippen molar-refractivity contribution in [3.8, 4) is 5.75 Å². The summed E-state index contributed by atoms with van der Waals surface area (Å²) in [5, 5.41) is 13.0. The molecule has 0 aliphatic heterocycles. The summed E-state index contributed by atoms with van der Waals surface area (Å²) in [6, 6.07) is 0. The molecule has 0 aliphatic rings. The Balaban J connectivity index is 0.000000251. The molecule has 2 heteroatoms. The van der Waals surface area contributed by atoms with E-state index in [4.69, 9.17) is 0 Å². The van der Waals surface area contributed by atoms with Crippen LogP contribution in [0.2, 0.25) is 0 Å². The summed E-state index contributed by atoms with van der Waals surface area (Å²) >= 11 is 0. The first-order valence-electron chi connectivity index (χ1n) is 8.97. The SMILES string of the molecule is CNc1c(C)c(C)c(C)c(C)c1C.Cc1c(C)c(C)c(O)c(C)c1C. The highest BCUT2D eigenvalue weighted by molar-refractivity contribution is 5.64. The minimum atomic E-state index is 0.454. The van der Waals surface area contributed by atoms with E-state index in [0.717, 1.165) is 11.1 Å². The molecular formula is C23H35NO. The fraction of sp³-hybridized carbons (Fsp3) is 0.478. The van der Waals surface area contributed by atoms with E-state index in [2.05, 4.69) is 60.7 Å². The lowest BCUT2D eigenvalue weighted by Crippen LogP contribution is -2.02. The number of rotatable bonds is 1. The van der Waals surface area contributed by atoms with Crippen molar-refractivity contribution >= 4 is 5.69 Å². The van der Waals surface area contributed by atoms with Gasteiger partial charge in [0.25, 0.3) is 0 Å². The van der Waals surface area contributed by atoms with Crippen LogP contribution in [0.1, 0.15) is 55.6 Å². The standard InChI is InChI=1S/C12H19N.C11H16O/c1-7-8(2)10(4)12(13-6)11(5)9(7)3;1-6-7(2)9(4)11(12)10(5)8(6)3/h13H,1-6H3;12H,1-5H3. The molecule has 0 amide bonds. The molecule has 0 saturated heterocycles. The summed E-state index contributed by atoms with van der Waals surface area (Å²) in [4.78, 5) is 0. The largest absolute Gasteiger partial charge is 0.507 e. The van der Waals surface area contributed by atoms with E-state index in [1.165, 1.54) is 50.2 Å². The average Bonchev–Trinajstić information content (AvgIpc) is 2.61. The van der Waals surface area contributed by atoms with Crippen molar-refractivity contribution in [3.63, 3.8) is 0 Å². The number of aromatic hydroxyl groups is 1. The fourth-order valence-electron chi connectivity index (χ4n) is 3.36. The van der Waals surface area contributed by atoms with Crippen LogP contribution in [0.25, 0.3) is 0 Å². The van der Waals surface area contributed by atoms with Gasteiger partial charge < -0.3 is 10.4 Å². The van der Waals surface area contributed by atoms with Gasteiger partial charge in [0.15, 0.2) is 0 Å². The maximum atomic E-state index is 9.69. The van der Waals surface area contributed by atoms with E-state index < -0.39 is 0 Å². The number of anilines is 1. The van der Waals surface area contributed by atoms with Crippen LogP contribution in [-0.2, 0) is 0 Å². The van der Waals surface area contributed by atoms with Gasteiger partial charge in [-0.25, -0.2) is 0 Å². The second kappa shape index (κ2) is 7.95. The van der Waals surface area contributed by atoms with E-state index >= 15 is 0 Å². The Kier molecular flexibility index (Phi) is 6.70. The van der Waals surface area contributed by atoms with Gasteiger partial charge in [-0.05, 0) is 125 Å². The maximum Gasteiger partial charge on any atom is 0.121 e. The zero-order valence-electron chi connectivity index (χ0n) is 17.9. The van der Waals surface area contributed by atoms with Crippen LogP contribution >= 0.6 is 0 Å². The molecule has 2 rings (SSSR count). The van der Waals surface area contributed by atoms with Gasteiger partial charge in [-0.3, -0.25) is 0 Å². The Hall–Kier alpha value is -1.96. The van der Waals surface area contributed by atoms with Crippen LogP contribution in [0.15, 0.2) is 0 Å². The van der Waals surface area contributed by atoms with Crippen LogP contribution in [-0.4, -0.2) is 12.2 Å². The molecule has 138 valence electrons. The number of hydrogen-bond donors (Lipinski definition) is 2. The van der Waals surface area contributed by atoms with Crippen molar-refractivity contribution < 1.29 is 5.11 Å². The molecule has 0 radical (unpaired) electrons. The highest BCUT2D eigenvalue weighted by atomic mass is 16.3. The molecule has 0 spiro atoms. The first-order chi connectivity index (χ1) is 11.5. The molecule has 0 atom stereocenters. The Morgan fingerprint density at radius 2 is 0.680 bits per heavy atom. The lowest BCUT2D eigenvalue weighted by Gasteiger charge is -2.17. The smallest absolute Gasteiger partial charge is 0.121 e. The third-order valence-electron chi connectivity index (χ3n) is 6.21. The fourth-order valence-corrected chi connectivity index (χ4v) is 3.36. The predicted octanol–water partition coefficient (Wildman–Crippen LogP) is 6.20. The van der Waals surface area contributed by atoms with Gasteiger partial charge >= 0.3 is 0 Å². The van der Waals surface area contributed by atoms with Crippen molar-refractivity contribution in [1.29, 1.82) is 0 Å². The van der Waals surface area contributed by atoms with E-state index in [9.17, 15) is 5.11 Å². The van der Waals surface area contributed by atoms with Crippen molar-refractivity contribution in [3.05, 3.63) is 55.6 Å². The molecule has 0 saturated carbocycles. The van der Waals surface area contributed by atoms with Crippen LogP contribution in [0, 0.1) is 69.2 Å². The third kappa shape index (κ3) is 3.84. The quantitative estimate of drug-likeness (QED) is 0.647. The monoisotopic (exact) mass is 341 g/mol. The zero-order chi connectivity index (χ0) is 19.6. The highest BCUT2D eigenvalue weighted by Gasteiger charge is 2.11. The Morgan fingerprint density at radius 1 is 0.440 bits per heavy atom. The number of hydrogen-bond acceptors (Lipinski definition) is 2. The molecular weight excluding hydrogens is 306 g/mol. The number of phenols is 1. The molecule has 0 heterocycles. The first-order valence-corrected chi connectivity index (χ1v) is 8.97. The van der Waals surface area contributed by atoms with Gasteiger partial charge in [-0.1, -0.05) is 0 Å². The van der Waals surface area contributed by atoms with Crippen molar-refractivity contribution in [1.82, 2.24) is 0 Å². The summed E-state index contributed by atoms with van der Waals surface area (Å²) in [5.74, 6) is 0.454. The Bertz CT molecular complexity index is 667. The van der Waals surface area contributed by atoms with E-state index in [1.807, 2.05) is 20.9 Å². The molecule has 0 fully saturated rings. The average molecular weight is 342 g/mol. The van der Waals surface area contributed by atoms with Crippen molar-refractivity contribution in [2.24, 2.45) is 0 Å². The molecule has 2 aromatic rings. The molecule has 2 N–H and O–H groups in total. The lowest BCUT2D eigenvalue weighted by atomic mass is 9.93. The highest BCUT2D eigenvalue weighted by Crippen LogP contribution is 2.31. The van der Waals surface area contributed by atoms with Gasteiger partial charge in [-0.15, -0.1) is 0 Å². The number of phenolic OH excluding ortho intramolecular Hbond substituents is 1. The number of benzene rings is 2. The summed E-state index contributed by atoms with van der Waals surface area (Å²) in [6.07, 6.45) is 0. The van der Waals surface area contributed by atoms with Crippen LogP contribution in [0.5, 0.6) is 5.75 Å². The summed E-state index contributed by atoms with van der Waals surface area (Å²) in [5.41, 5.74) is 14.0. The molecule has 2 nitrogen and oxygen atoms in total. The van der Waals surface area contributed by atoms with Gasteiger partial charge in [0.1, 0.15) is 5.75 Å². The first kappa shape index (κ1) is 21.1. The second-order valence-electron chi connectivity index (χ2n) is 7.22. The molecule has 0 aliphatic carbocycles. The van der Waals surface area contributed by atoms with Crippen LogP contribution < -0.4 is 5.32 Å². The third-order valence-corrected chi connectivity index (χ3v) is 6.21. The molecule has 25 heavy (non-hydrogen) atoms. The summed E-state index contributed by atoms with van der Waals surface area (Å²) in [7, 11) is 1.99. The molecule has 0 aromatic heterocycles. The van der Waals surface area contributed by atoms with Crippen LogP contribution in [0.4, 0.5) is 5.69 Å². The van der Waals surface area contributed by atoms with Crippen molar-refractivity contribution in [2.75, 3.05) is 12.4 Å². The van der Waals surface area contributed by atoms with E-state index in [0.29, 0.717) is 5.75 Å². The molecule has 2 aromatic carbocycles. The second-order valence-corrected chi connectivity index (χ2v) is 7.22. The van der Waals surface area contributed by atoms with Gasteiger partial charge in [0.05, 0.1) is 0 Å². The van der Waals surface area contributed by atoms with Crippen molar-refractivity contribution in [2.45, 2.75) is 69.2 Å².